The second kappa shape index (κ2) is 5.91. The van der Waals surface area contributed by atoms with Crippen LogP contribution in [-0.4, -0.2) is 33.3 Å². The van der Waals surface area contributed by atoms with Crippen molar-refractivity contribution in [3.63, 3.8) is 0 Å². The summed E-state index contributed by atoms with van der Waals surface area (Å²) in [6.07, 6.45) is -1.17. The molecule has 1 atom stereocenters. The zero-order chi connectivity index (χ0) is 13.8. The molecule has 0 fully saturated rings. The molecule has 5 nitrogen and oxygen atoms in total. The number of hydrogen-bond acceptors (Lipinski definition) is 4. The summed E-state index contributed by atoms with van der Waals surface area (Å²) in [7, 11) is 0. The number of aliphatic carboxylic acids is 1. The monoisotopic (exact) mass is 244 g/mol. The van der Waals surface area contributed by atoms with Gasteiger partial charge < -0.3 is 10.2 Å². The van der Waals surface area contributed by atoms with Gasteiger partial charge in [0.2, 0.25) is 0 Å². The fourth-order valence-corrected chi connectivity index (χ4v) is 1.52. The standard InChI is InChI=1S/C12H20O5/c1-7(2)9(13)5-12(17,6-10(14)15)11(16)8(3)4/h7-8,17H,5-6H2,1-4H3,(H,14,15)/t12-/m1/s1. The van der Waals surface area contributed by atoms with Crippen LogP contribution in [0.1, 0.15) is 40.5 Å². The molecule has 0 aromatic heterocycles. The molecule has 0 heterocycles. The number of Topliss-reactive ketones (excluding diaryl/α,β-unsaturated/α-hetero) is 2. The predicted octanol–water partition coefficient (Wildman–Crippen LogP) is 1.03. The Bertz CT molecular complexity index is 319. The van der Waals surface area contributed by atoms with Crippen molar-refractivity contribution in [2.24, 2.45) is 11.8 Å². The first-order chi connectivity index (χ1) is 7.60. The molecular formula is C12H20O5. The Morgan fingerprint density at radius 1 is 1.00 bits per heavy atom. The number of carbonyl (C=O) groups excluding carboxylic acids is 2. The molecule has 98 valence electrons. The first-order valence-electron chi connectivity index (χ1n) is 5.61. The lowest BCUT2D eigenvalue weighted by atomic mass is 9.82. The maximum Gasteiger partial charge on any atom is 0.306 e. The highest BCUT2D eigenvalue weighted by Gasteiger charge is 2.41. The Morgan fingerprint density at radius 3 is 1.76 bits per heavy atom. The average Bonchev–Trinajstić information content (AvgIpc) is 2.14. The number of aliphatic hydroxyl groups is 1. The zero-order valence-electron chi connectivity index (χ0n) is 10.7. The molecule has 0 unspecified atom stereocenters. The van der Waals surface area contributed by atoms with E-state index in [1.807, 2.05) is 0 Å². The number of ketones is 2. The third kappa shape index (κ3) is 4.65. The summed E-state index contributed by atoms with van der Waals surface area (Å²) in [5.74, 6) is -3.07. The minimum absolute atomic E-state index is 0.317. The molecule has 0 bridgehead atoms. The highest BCUT2D eigenvalue weighted by molar-refractivity contribution is 5.97. The van der Waals surface area contributed by atoms with E-state index in [4.69, 9.17) is 5.11 Å². The molecule has 0 aromatic carbocycles. The van der Waals surface area contributed by atoms with Gasteiger partial charge in [0, 0.05) is 18.3 Å². The molecule has 0 saturated heterocycles. The molecule has 0 aliphatic heterocycles. The summed E-state index contributed by atoms with van der Waals surface area (Å²) in [5.41, 5.74) is -2.08. The van der Waals surface area contributed by atoms with Gasteiger partial charge in [0.25, 0.3) is 0 Å². The van der Waals surface area contributed by atoms with Crippen molar-refractivity contribution in [1.29, 1.82) is 0 Å². The molecule has 0 radical (unpaired) electrons. The van der Waals surface area contributed by atoms with Crippen molar-refractivity contribution in [2.75, 3.05) is 0 Å². The quantitative estimate of drug-likeness (QED) is 0.698. The van der Waals surface area contributed by atoms with Crippen molar-refractivity contribution in [3.05, 3.63) is 0 Å². The Hall–Kier alpha value is -1.23. The molecule has 0 aliphatic carbocycles. The normalized spacial score (nSPS) is 14.8. The molecule has 0 amide bonds. The Kier molecular flexibility index (Phi) is 5.48. The van der Waals surface area contributed by atoms with E-state index in [0.29, 0.717) is 0 Å². The minimum atomic E-state index is -2.08. The largest absolute Gasteiger partial charge is 0.481 e. The highest BCUT2D eigenvalue weighted by atomic mass is 16.4. The Morgan fingerprint density at radius 2 is 1.47 bits per heavy atom. The van der Waals surface area contributed by atoms with E-state index in [-0.39, 0.29) is 11.7 Å². The highest BCUT2D eigenvalue weighted by Crippen LogP contribution is 2.23. The smallest absolute Gasteiger partial charge is 0.306 e. The van der Waals surface area contributed by atoms with E-state index in [1.165, 1.54) is 0 Å². The van der Waals surface area contributed by atoms with E-state index in [9.17, 15) is 19.5 Å². The van der Waals surface area contributed by atoms with Crippen LogP contribution in [0.4, 0.5) is 0 Å². The lowest BCUT2D eigenvalue weighted by Gasteiger charge is -2.26. The van der Waals surface area contributed by atoms with E-state index >= 15 is 0 Å². The molecule has 0 rings (SSSR count). The van der Waals surface area contributed by atoms with Gasteiger partial charge in [-0.25, -0.2) is 0 Å². The molecule has 2 N–H and O–H groups in total. The van der Waals surface area contributed by atoms with E-state index < -0.39 is 36.1 Å². The van der Waals surface area contributed by atoms with Crippen LogP contribution in [0.5, 0.6) is 0 Å². The summed E-state index contributed by atoms with van der Waals surface area (Å²) < 4.78 is 0. The molecule has 5 heteroatoms. The SMILES string of the molecule is CC(C)C(=O)C[C@@](O)(CC(=O)O)C(=O)C(C)C. The fourth-order valence-electron chi connectivity index (χ4n) is 1.52. The number of carboxylic acid groups (broad SMARTS) is 1. The van der Waals surface area contributed by atoms with Crippen LogP contribution in [0.3, 0.4) is 0 Å². The maximum absolute atomic E-state index is 11.8. The van der Waals surface area contributed by atoms with Crippen LogP contribution in [0.25, 0.3) is 0 Å². The average molecular weight is 244 g/mol. The van der Waals surface area contributed by atoms with Crippen molar-refractivity contribution >= 4 is 17.5 Å². The topological polar surface area (TPSA) is 91.7 Å². The summed E-state index contributed by atoms with van der Waals surface area (Å²) in [4.78, 5) is 34.0. The Balaban J connectivity index is 5.04. The molecule has 0 aromatic rings. The maximum atomic E-state index is 11.8. The molecular weight excluding hydrogens is 224 g/mol. The van der Waals surface area contributed by atoms with Crippen LogP contribution < -0.4 is 0 Å². The van der Waals surface area contributed by atoms with Gasteiger partial charge in [-0.15, -0.1) is 0 Å². The van der Waals surface area contributed by atoms with Crippen LogP contribution in [0.2, 0.25) is 0 Å². The van der Waals surface area contributed by atoms with Gasteiger partial charge in [-0.1, -0.05) is 27.7 Å². The summed E-state index contributed by atoms with van der Waals surface area (Å²) >= 11 is 0. The number of rotatable bonds is 7. The van der Waals surface area contributed by atoms with Crippen molar-refractivity contribution < 1.29 is 24.6 Å². The zero-order valence-corrected chi connectivity index (χ0v) is 10.7. The van der Waals surface area contributed by atoms with Gasteiger partial charge in [0.1, 0.15) is 11.4 Å². The second-order valence-corrected chi connectivity index (χ2v) is 4.92. The first kappa shape index (κ1) is 15.8. The summed E-state index contributed by atoms with van der Waals surface area (Å²) in [5, 5.41) is 18.8. The van der Waals surface area contributed by atoms with Crippen molar-refractivity contribution in [1.82, 2.24) is 0 Å². The number of hydrogen-bond donors (Lipinski definition) is 2. The minimum Gasteiger partial charge on any atom is -0.481 e. The van der Waals surface area contributed by atoms with Crippen LogP contribution in [0, 0.1) is 11.8 Å². The van der Waals surface area contributed by atoms with E-state index in [0.717, 1.165) is 0 Å². The van der Waals surface area contributed by atoms with Gasteiger partial charge in [-0.05, 0) is 0 Å². The van der Waals surface area contributed by atoms with Gasteiger partial charge in [-0.3, -0.25) is 14.4 Å². The van der Waals surface area contributed by atoms with Gasteiger partial charge >= 0.3 is 5.97 Å². The second-order valence-electron chi connectivity index (χ2n) is 4.92. The third-order valence-corrected chi connectivity index (χ3v) is 2.54. The molecule has 0 spiro atoms. The number of carbonyl (C=O) groups is 3. The van der Waals surface area contributed by atoms with Crippen LogP contribution in [-0.2, 0) is 14.4 Å². The van der Waals surface area contributed by atoms with Crippen LogP contribution >= 0.6 is 0 Å². The first-order valence-corrected chi connectivity index (χ1v) is 5.61. The third-order valence-electron chi connectivity index (χ3n) is 2.54. The lowest BCUT2D eigenvalue weighted by molar-refractivity contribution is -0.155. The van der Waals surface area contributed by atoms with E-state index in [2.05, 4.69) is 0 Å². The molecule has 17 heavy (non-hydrogen) atoms. The van der Waals surface area contributed by atoms with Gasteiger partial charge in [-0.2, -0.15) is 0 Å². The molecule has 0 saturated carbocycles. The molecule has 0 aliphatic rings. The van der Waals surface area contributed by atoms with E-state index in [1.54, 1.807) is 27.7 Å². The van der Waals surface area contributed by atoms with Crippen molar-refractivity contribution in [3.8, 4) is 0 Å². The van der Waals surface area contributed by atoms with Gasteiger partial charge in [0.05, 0.1) is 6.42 Å². The Labute approximate surface area is 101 Å². The fraction of sp³-hybridized carbons (Fsp3) is 0.750. The van der Waals surface area contributed by atoms with Crippen LogP contribution in [0.15, 0.2) is 0 Å². The number of carboxylic acids is 1. The van der Waals surface area contributed by atoms with Gasteiger partial charge in [0.15, 0.2) is 5.78 Å². The lowest BCUT2D eigenvalue weighted by Crippen LogP contribution is -2.45. The van der Waals surface area contributed by atoms with Crippen molar-refractivity contribution in [2.45, 2.75) is 46.1 Å². The predicted molar refractivity (Wildman–Crippen MR) is 61.5 cm³/mol. The summed E-state index contributed by atoms with van der Waals surface area (Å²) in [6.45, 7) is 6.41. The summed E-state index contributed by atoms with van der Waals surface area (Å²) in [6, 6.07) is 0.